The Morgan fingerprint density at radius 2 is 1.91 bits per heavy atom. The summed E-state index contributed by atoms with van der Waals surface area (Å²) in [6.45, 7) is 0. The normalized spacial score (nSPS) is 11.4. The minimum absolute atomic E-state index is 0.218. The summed E-state index contributed by atoms with van der Waals surface area (Å²) in [5, 5.41) is 0. The average Bonchev–Trinajstić information content (AvgIpc) is 1.85. The molecule has 0 atom stereocenters. The fraction of sp³-hybridized carbons (Fsp3) is 0.167. The summed E-state index contributed by atoms with van der Waals surface area (Å²) < 4.78 is 21.3. The highest BCUT2D eigenvalue weighted by Crippen LogP contribution is 1.98. The molecule has 4 nitrogen and oxygen atoms in total. The highest BCUT2D eigenvalue weighted by atomic mass is 32.2. The average molecular weight is 171 g/mol. The second-order valence-corrected chi connectivity index (χ2v) is 3.95. The van der Waals surface area contributed by atoms with E-state index in [9.17, 15) is 8.42 Å². The fourth-order valence-electron chi connectivity index (χ4n) is 0.563. The van der Waals surface area contributed by atoms with Gasteiger partial charge in [-0.15, -0.1) is 0 Å². The Bertz CT molecular complexity index is 320. The van der Waals surface area contributed by atoms with Crippen molar-refractivity contribution < 1.29 is 8.42 Å². The van der Waals surface area contributed by atoms with Crippen molar-refractivity contribution in [3.8, 4) is 0 Å². The van der Waals surface area contributed by atoms with E-state index >= 15 is 0 Å². The third kappa shape index (κ3) is 3.08. The molecule has 0 saturated heterocycles. The van der Waals surface area contributed by atoms with Gasteiger partial charge in [0.2, 0.25) is 0 Å². The van der Waals surface area contributed by atoms with Crippen LogP contribution in [0.15, 0.2) is 18.5 Å². The Balaban J connectivity index is 2.82. The van der Waals surface area contributed by atoms with Crippen molar-refractivity contribution in [3.05, 3.63) is 30.0 Å². The van der Waals surface area contributed by atoms with Crippen LogP contribution >= 0.6 is 0 Å². The quantitative estimate of drug-likeness (QED) is 0.630. The molecular weight excluding hydrogens is 164 g/mol. The van der Waals surface area contributed by atoms with Crippen LogP contribution in [0, 0.1) is 5.75 Å². The van der Waals surface area contributed by atoms with Gasteiger partial charge < -0.3 is 0 Å². The van der Waals surface area contributed by atoms with Gasteiger partial charge in [-0.2, -0.15) is 0 Å². The van der Waals surface area contributed by atoms with E-state index in [2.05, 4.69) is 9.97 Å². The van der Waals surface area contributed by atoms with Crippen molar-refractivity contribution in [2.75, 3.05) is 6.26 Å². The summed E-state index contributed by atoms with van der Waals surface area (Å²) in [4.78, 5) is 7.44. The van der Waals surface area contributed by atoms with Crippen LogP contribution in [0.25, 0.3) is 0 Å². The van der Waals surface area contributed by atoms with Crippen LogP contribution in [0.3, 0.4) is 0 Å². The molecule has 0 unspecified atom stereocenters. The lowest BCUT2D eigenvalue weighted by Gasteiger charge is -1.93. The zero-order valence-corrected chi connectivity index (χ0v) is 6.75. The van der Waals surface area contributed by atoms with E-state index in [1.54, 1.807) is 6.07 Å². The minimum Gasteiger partial charge on any atom is -0.240 e. The summed E-state index contributed by atoms with van der Waals surface area (Å²) in [5.41, 5.74) is 0. The second-order valence-electron chi connectivity index (χ2n) is 2.05. The van der Waals surface area contributed by atoms with Crippen LogP contribution in [0.5, 0.6) is 0 Å². The van der Waals surface area contributed by atoms with Crippen LogP contribution in [0.1, 0.15) is 5.82 Å². The fourth-order valence-corrected chi connectivity index (χ4v) is 1.07. The number of hydrogen-bond donors (Lipinski definition) is 0. The predicted molar refractivity (Wildman–Crippen MR) is 40.3 cm³/mol. The van der Waals surface area contributed by atoms with Gasteiger partial charge in [-0.3, -0.25) is 0 Å². The molecule has 0 bridgehead atoms. The number of nitrogens with zero attached hydrogens (tertiary/aromatic N) is 2. The van der Waals surface area contributed by atoms with Crippen molar-refractivity contribution in [2.24, 2.45) is 0 Å². The number of hydrogen-bond acceptors (Lipinski definition) is 4. The number of sulfone groups is 1. The van der Waals surface area contributed by atoms with E-state index in [4.69, 9.17) is 0 Å². The van der Waals surface area contributed by atoms with Crippen LogP contribution in [0.2, 0.25) is 0 Å². The van der Waals surface area contributed by atoms with Crippen molar-refractivity contribution in [1.29, 1.82) is 0 Å². The minimum atomic E-state index is -3.13. The summed E-state index contributed by atoms with van der Waals surface area (Å²) in [6.07, 6.45) is 4.08. The maximum absolute atomic E-state index is 10.7. The molecule has 0 aliphatic heterocycles. The molecule has 59 valence electrons. The first-order valence-electron chi connectivity index (χ1n) is 2.90. The first-order chi connectivity index (χ1) is 5.08. The van der Waals surface area contributed by atoms with E-state index in [0.29, 0.717) is 0 Å². The Labute approximate surface area is 65.2 Å². The Kier molecular flexibility index (Phi) is 2.19. The maximum Gasteiger partial charge on any atom is 0.159 e. The van der Waals surface area contributed by atoms with Crippen molar-refractivity contribution in [2.45, 2.75) is 0 Å². The molecule has 0 aliphatic rings. The summed E-state index contributed by atoms with van der Waals surface area (Å²) in [5.74, 6) is 1.24. The van der Waals surface area contributed by atoms with Crippen molar-refractivity contribution in [1.82, 2.24) is 9.97 Å². The molecule has 1 radical (unpaired) electrons. The molecule has 5 heteroatoms. The first kappa shape index (κ1) is 8.13. The van der Waals surface area contributed by atoms with Gasteiger partial charge in [-0.25, -0.2) is 18.4 Å². The topological polar surface area (TPSA) is 59.9 Å². The van der Waals surface area contributed by atoms with Crippen molar-refractivity contribution in [3.63, 3.8) is 0 Å². The van der Waals surface area contributed by atoms with Gasteiger partial charge in [0.05, 0.1) is 0 Å². The third-order valence-electron chi connectivity index (χ3n) is 0.905. The Morgan fingerprint density at radius 3 is 2.36 bits per heavy atom. The SMILES string of the molecule is CS(=O)(=O)[CH]c1ncccn1. The van der Waals surface area contributed by atoms with Crippen LogP contribution < -0.4 is 0 Å². The lowest BCUT2D eigenvalue weighted by atomic mass is 10.6. The van der Waals surface area contributed by atoms with Crippen molar-refractivity contribution >= 4 is 9.84 Å². The van der Waals surface area contributed by atoms with E-state index in [0.717, 1.165) is 12.0 Å². The molecule has 11 heavy (non-hydrogen) atoms. The number of rotatable bonds is 2. The molecule has 0 saturated carbocycles. The standard InChI is InChI=1S/C6H7N2O2S/c1-11(9,10)5-6-7-3-2-4-8-6/h2-5H,1H3. The van der Waals surface area contributed by atoms with Gasteiger partial charge in [0, 0.05) is 18.6 Å². The molecule has 0 aromatic carbocycles. The summed E-state index contributed by atoms with van der Waals surface area (Å²) in [6, 6.07) is 1.62. The molecule has 1 aromatic rings. The highest BCUT2D eigenvalue weighted by molar-refractivity contribution is 7.92. The van der Waals surface area contributed by atoms with Gasteiger partial charge in [0.1, 0.15) is 11.6 Å². The van der Waals surface area contributed by atoms with E-state index < -0.39 is 9.84 Å². The molecule has 1 heterocycles. The van der Waals surface area contributed by atoms with Crippen LogP contribution in [-0.2, 0) is 9.84 Å². The molecule has 0 amide bonds. The molecule has 0 fully saturated rings. The Hall–Kier alpha value is -0.970. The van der Waals surface area contributed by atoms with Gasteiger partial charge in [0.25, 0.3) is 0 Å². The lowest BCUT2D eigenvalue weighted by Crippen LogP contribution is -2.01. The zero-order valence-electron chi connectivity index (χ0n) is 5.93. The summed E-state index contributed by atoms with van der Waals surface area (Å²) >= 11 is 0. The van der Waals surface area contributed by atoms with E-state index in [-0.39, 0.29) is 5.82 Å². The highest BCUT2D eigenvalue weighted by Gasteiger charge is 2.06. The van der Waals surface area contributed by atoms with E-state index in [1.165, 1.54) is 12.4 Å². The van der Waals surface area contributed by atoms with Gasteiger partial charge in [-0.05, 0) is 6.07 Å². The molecule has 0 N–H and O–H groups in total. The van der Waals surface area contributed by atoms with Crippen LogP contribution in [-0.4, -0.2) is 24.6 Å². The van der Waals surface area contributed by atoms with Crippen LogP contribution in [0.4, 0.5) is 0 Å². The predicted octanol–water partition coefficient (Wildman–Crippen LogP) is 0.0311. The third-order valence-corrected chi connectivity index (χ3v) is 1.54. The van der Waals surface area contributed by atoms with Gasteiger partial charge in [-0.1, -0.05) is 0 Å². The molecule has 1 rings (SSSR count). The molecule has 0 spiro atoms. The summed E-state index contributed by atoms with van der Waals surface area (Å²) in [7, 11) is -3.13. The lowest BCUT2D eigenvalue weighted by molar-refractivity contribution is 0.607. The maximum atomic E-state index is 10.7. The Morgan fingerprint density at radius 1 is 1.36 bits per heavy atom. The monoisotopic (exact) mass is 171 g/mol. The van der Waals surface area contributed by atoms with Gasteiger partial charge in [0.15, 0.2) is 9.84 Å². The smallest absolute Gasteiger partial charge is 0.159 e. The molecule has 0 aliphatic carbocycles. The first-order valence-corrected chi connectivity index (χ1v) is 4.85. The molecule has 1 aromatic heterocycles. The van der Waals surface area contributed by atoms with E-state index in [1.807, 2.05) is 0 Å². The molecular formula is C6H7N2O2S. The zero-order chi connectivity index (χ0) is 8.32. The van der Waals surface area contributed by atoms with Gasteiger partial charge >= 0.3 is 0 Å². The largest absolute Gasteiger partial charge is 0.240 e. The number of aromatic nitrogens is 2. The second kappa shape index (κ2) is 2.96.